The predicted molar refractivity (Wildman–Crippen MR) is 81.4 cm³/mol. The van der Waals surface area contributed by atoms with Crippen LogP contribution in [0, 0.1) is 6.92 Å². The van der Waals surface area contributed by atoms with Gasteiger partial charge in [0.25, 0.3) is 5.91 Å². The van der Waals surface area contributed by atoms with Crippen molar-refractivity contribution in [3.05, 3.63) is 53.3 Å². The van der Waals surface area contributed by atoms with Crippen LogP contribution in [0.15, 0.2) is 36.7 Å². The lowest BCUT2D eigenvalue weighted by Gasteiger charge is -2.24. The summed E-state index contributed by atoms with van der Waals surface area (Å²) in [4.78, 5) is 24.2. The molecule has 0 saturated heterocycles. The number of benzene rings is 1. The van der Waals surface area contributed by atoms with Crippen molar-refractivity contribution in [2.45, 2.75) is 25.9 Å². The van der Waals surface area contributed by atoms with Crippen LogP contribution in [0.1, 0.15) is 21.5 Å². The average molecular weight is 298 g/mol. The molecule has 0 aliphatic carbocycles. The average Bonchev–Trinajstić information content (AvgIpc) is 2.92. The third kappa shape index (κ3) is 3.00. The molecular formula is C16H18N4O2. The van der Waals surface area contributed by atoms with Gasteiger partial charge in [0.1, 0.15) is 6.04 Å². The van der Waals surface area contributed by atoms with Crippen molar-refractivity contribution in [1.82, 2.24) is 20.4 Å². The molecule has 2 amide bonds. The van der Waals surface area contributed by atoms with Crippen LogP contribution in [-0.2, 0) is 17.8 Å². The Morgan fingerprint density at radius 3 is 3.05 bits per heavy atom. The second-order valence-electron chi connectivity index (χ2n) is 5.46. The number of aryl methyl sites for hydroxylation is 1. The molecule has 2 aromatic rings. The van der Waals surface area contributed by atoms with Gasteiger partial charge in [0.15, 0.2) is 0 Å². The molecule has 1 aliphatic rings. The van der Waals surface area contributed by atoms with E-state index in [1.165, 1.54) is 0 Å². The number of hydrogen-bond acceptors (Lipinski definition) is 3. The van der Waals surface area contributed by atoms with Crippen LogP contribution in [0.3, 0.4) is 0 Å². The maximum Gasteiger partial charge on any atom is 0.252 e. The Labute approximate surface area is 128 Å². The summed E-state index contributed by atoms with van der Waals surface area (Å²) in [5, 5.41) is 9.76. The van der Waals surface area contributed by atoms with Crippen LogP contribution < -0.4 is 10.6 Å². The normalized spacial score (nSPS) is 16.8. The summed E-state index contributed by atoms with van der Waals surface area (Å²) in [7, 11) is 0. The smallest absolute Gasteiger partial charge is 0.252 e. The number of aromatic nitrogens is 2. The SMILES string of the molecule is Cc1cnn(CCNC(=O)[C@@H]2Cc3ccccc3C(=O)N2)c1. The minimum atomic E-state index is -0.512. The molecule has 6 nitrogen and oxygen atoms in total. The number of rotatable bonds is 4. The Balaban J connectivity index is 1.56. The van der Waals surface area contributed by atoms with Crippen molar-refractivity contribution in [1.29, 1.82) is 0 Å². The van der Waals surface area contributed by atoms with Crippen molar-refractivity contribution >= 4 is 11.8 Å². The highest BCUT2D eigenvalue weighted by Gasteiger charge is 2.28. The zero-order valence-electron chi connectivity index (χ0n) is 12.4. The van der Waals surface area contributed by atoms with Crippen LogP contribution in [0.2, 0.25) is 0 Å². The molecule has 0 fully saturated rings. The lowest BCUT2D eigenvalue weighted by Crippen LogP contribution is -2.51. The maximum absolute atomic E-state index is 12.2. The predicted octanol–water partition coefficient (Wildman–Crippen LogP) is 0.662. The summed E-state index contributed by atoms with van der Waals surface area (Å²) < 4.78 is 1.78. The molecule has 1 aromatic heterocycles. The molecule has 0 unspecified atom stereocenters. The van der Waals surface area contributed by atoms with Gasteiger partial charge in [-0.15, -0.1) is 0 Å². The standard InChI is InChI=1S/C16H18N4O2/c1-11-9-18-20(10-11)7-6-17-16(22)14-8-12-4-2-3-5-13(12)15(21)19-14/h2-5,9-10,14H,6-8H2,1H3,(H,17,22)(H,19,21)/t14-/m0/s1. The zero-order chi connectivity index (χ0) is 15.5. The summed E-state index contributed by atoms with van der Waals surface area (Å²) in [6, 6.07) is 6.86. The number of fused-ring (bicyclic) bond motifs is 1. The number of nitrogens with zero attached hydrogens (tertiary/aromatic N) is 2. The third-order valence-electron chi connectivity index (χ3n) is 3.71. The van der Waals surface area contributed by atoms with Crippen molar-refractivity contribution in [2.24, 2.45) is 0 Å². The van der Waals surface area contributed by atoms with E-state index in [9.17, 15) is 9.59 Å². The summed E-state index contributed by atoms with van der Waals surface area (Å²) in [5.41, 5.74) is 2.65. The maximum atomic E-state index is 12.2. The molecule has 0 radical (unpaired) electrons. The second-order valence-corrected chi connectivity index (χ2v) is 5.46. The van der Waals surface area contributed by atoms with E-state index in [0.717, 1.165) is 11.1 Å². The van der Waals surface area contributed by atoms with Gasteiger partial charge in [-0.1, -0.05) is 18.2 Å². The number of hydrogen-bond donors (Lipinski definition) is 2. The minimum absolute atomic E-state index is 0.160. The first kappa shape index (κ1) is 14.3. The number of amides is 2. The van der Waals surface area contributed by atoms with Crippen LogP contribution >= 0.6 is 0 Å². The Hall–Kier alpha value is -2.63. The van der Waals surface area contributed by atoms with E-state index in [1.54, 1.807) is 16.9 Å². The number of carbonyl (C=O) groups excluding carboxylic acids is 2. The molecule has 0 spiro atoms. The zero-order valence-corrected chi connectivity index (χ0v) is 12.4. The van der Waals surface area contributed by atoms with Crippen molar-refractivity contribution in [2.75, 3.05) is 6.54 Å². The van der Waals surface area contributed by atoms with Crippen molar-refractivity contribution in [3.8, 4) is 0 Å². The van der Waals surface area contributed by atoms with Crippen LogP contribution in [-0.4, -0.2) is 34.2 Å². The first-order valence-corrected chi connectivity index (χ1v) is 7.29. The van der Waals surface area contributed by atoms with Crippen LogP contribution in [0.4, 0.5) is 0 Å². The van der Waals surface area contributed by atoms with Crippen LogP contribution in [0.25, 0.3) is 0 Å². The van der Waals surface area contributed by atoms with E-state index in [-0.39, 0.29) is 11.8 Å². The second kappa shape index (κ2) is 6.01. The van der Waals surface area contributed by atoms with Gasteiger partial charge in [-0.25, -0.2) is 0 Å². The monoisotopic (exact) mass is 298 g/mol. The molecule has 2 N–H and O–H groups in total. The summed E-state index contributed by atoms with van der Waals surface area (Å²) in [5.74, 6) is -0.351. The Morgan fingerprint density at radius 2 is 2.27 bits per heavy atom. The number of nitrogens with one attached hydrogen (secondary N) is 2. The van der Waals surface area contributed by atoms with E-state index in [2.05, 4.69) is 15.7 Å². The van der Waals surface area contributed by atoms with Gasteiger partial charge in [0, 0.05) is 24.7 Å². The van der Waals surface area contributed by atoms with E-state index in [4.69, 9.17) is 0 Å². The molecule has 1 aliphatic heterocycles. The Kier molecular flexibility index (Phi) is 3.91. The molecule has 0 bridgehead atoms. The van der Waals surface area contributed by atoms with E-state index in [1.807, 2.05) is 31.3 Å². The molecule has 114 valence electrons. The van der Waals surface area contributed by atoms with E-state index in [0.29, 0.717) is 25.1 Å². The first-order valence-electron chi connectivity index (χ1n) is 7.29. The molecule has 6 heteroatoms. The summed E-state index contributed by atoms with van der Waals surface area (Å²) >= 11 is 0. The van der Waals surface area contributed by atoms with Crippen molar-refractivity contribution < 1.29 is 9.59 Å². The fourth-order valence-electron chi connectivity index (χ4n) is 2.59. The molecule has 1 aromatic carbocycles. The van der Waals surface area contributed by atoms with Crippen LogP contribution in [0.5, 0.6) is 0 Å². The quantitative estimate of drug-likeness (QED) is 0.871. The Bertz CT molecular complexity index is 708. The third-order valence-corrected chi connectivity index (χ3v) is 3.71. The highest BCUT2D eigenvalue weighted by atomic mass is 16.2. The van der Waals surface area contributed by atoms with Gasteiger partial charge in [-0.05, 0) is 24.1 Å². The van der Waals surface area contributed by atoms with E-state index < -0.39 is 6.04 Å². The van der Waals surface area contributed by atoms with Gasteiger partial charge >= 0.3 is 0 Å². The fraction of sp³-hybridized carbons (Fsp3) is 0.312. The van der Waals surface area contributed by atoms with E-state index >= 15 is 0 Å². The lowest BCUT2D eigenvalue weighted by atomic mass is 9.95. The number of carbonyl (C=O) groups is 2. The van der Waals surface area contributed by atoms with Crippen molar-refractivity contribution in [3.63, 3.8) is 0 Å². The lowest BCUT2D eigenvalue weighted by molar-refractivity contribution is -0.123. The summed E-state index contributed by atoms with van der Waals surface area (Å²) in [6.07, 6.45) is 4.22. The van der Waals surface area contributed by atoms with Gasteiger partial charge in [0.2, 0.25) is 5.91 Å². The van der Waals surface area contributed by atoms with Gasteiger partial charge in [0.05, 0.1) is 12.7 Å². The molecule has 0 saturated carbocycles. The minimum Gasteiger partial charge on any atom is -0.352 e. The van der Waals surface area contributed by atoms with Gasteiger partial charge in [-0.3, -0.25) is 14.3 Å². The highest BCUT2D eigenvalue weighted by molar-refractivity contribution is 6.00. The fourth-order valence-corrected chi connectivity index (χ4v) is 2.59. The Morgan fingerprint density at radius 1 is 1.45 bits per heavy atom. The molecule has 1 atom stereocenters. The first-order chi connectivity index (χ1) is 10.6. The molecule has 22 heavy (non-hydrogen) atoms. The molecule has 3 rings (SSSR count). The van der Waals surface area contributed by atoms with Gasteiger partial charge < -0.3 is 10.6 Å². The molecule has 2 heterocycles. The topological polar surface area (TPSA) is 76.0 Å². The van der Waals surface area contributed by atoms with Gasteiger partial charge in [-0.2, -0.15) is 5.10 Å². The largest absolute Gasteiger partial charge is 0.352 e. The highest BCUT2D eigenvalue weighted by Crippen LogP contribution is 2.16. The summed E-state index contributed by atoms with van der Waals surface area (Å²) in [6.45, 7) is 3.06. The molecular weight excluding hydrogens is 280 g/mol.